The lowest BCUT2D eigenvalue weighted by Crippen LogP contribution is -2.39. The summed E-state index contributed by atoms with van der Waals surface area (Å²) in [6.07, 6.45) is 6.00. The van der Waals surface area contributed by atoms with Crippen molar-refractivity contribution in [3.05, 3.63) is 66.2 Å². The predicted octanol–water partition coefficient (Wildman–Crippen LogP) is 3.90. The maximum Gasteiger partial charge on any atom is 0.253 e. The van der Waals surface area contributed by atoms with E-state index >= 15 is 0 Å². The summed E-state index contributed by atoms with van der Waals surface area (Å²) in [5, 5.41) is 2.30. The van der Waals surface area contributed by atoms with E-state index in [9.17, 15) is 4.79 Å². The van der Waals surface area contributed by atoms with Crippen LogP contribution in [-0.2, 0) is 6.54 Å². The zero-order valence-corrected chi connectivity index (χ0v) is 14.6. The van der Waals surface area contributed by atoms with Gasteiger partial charge in [-0.3, -0.25) is 4.79 Å². The number of carbonyl (C=O) groups is 1. The van der Waals surface area contributed by atoms with Crippen molar-refractivity contribution in [3.63, 3.8) is 0 Å². The number of fused-ring (bicyclic) bond motifs is 1. The number of rotatable bonds is 3. The maximum absolute atomic E-state index is 12.8. The third-order valence-electron chi connectivity index (χ3n) is 5.28. The number of likely N-dealkylation sites (tertiary alicyclic amines) is 1. The number of carbonyl (C=O) groups excluding carboxylic acids is 1. The second-order valence-electron chi connectivity index (χ2n) is 6.92. The Hall–Kier alpha value is -2.62. The lowest BCUT2D eigenvalue weighted by atomic mass is 9.96. The van der Waals surface area contributed by atoms with Gasteiger partial charge in [0.2, 0.25) is 0 Å². The second kappa shape index (κ2) is 6.71. The largest absolute Gasteiger partial charge is 0.339 e. The fourth-order valence-electron chi connectivity index (χ4n) is 3.70. The molecule has 2 heterocycles. The Kier molecular flexibility index (Phi) is 4.26. The van der Waals surface area contributed by atoms with E-state index in [2.05, 4.69) is 21.7 Å². The molecule has 1 aliphatic heterocycles. The number of hydrogen-bond donors (Lipinski definition) is 0. The number of aryl methyl sites for hydroxylation is 1. The Labute approximate surface area is 148 Å². The lowest BCUT2D eigenvalue weighted by Gasteiger charge is -2.32. The predicted molar refractivity (Wildman–Crippen MR) is 99.5 cm³/mol. The van der Waals surface area contributed by atoms with Crippen LogP contribution in [0.15, 0.2) is 54.9 Å². The number of amides is 1. The number of benzene rings is 2. The molecule has 4 nitrogen and oxygen atoms in total. The molecular weight excluding hydrogens is 310 g/mol. The van der Waals surface area contributed by atoms with Crippen molar-refractivity contribution in [1.29, 1.82) is 0 Å². The number of nitrogens with zero attached hydrogens (tertiary/aromatic N) is 3. The summed E-state index contributed by atoms with van der Waals surface area (Å²) in [7, 11) is 0. The van der Waals surface area contributed by atoms with E-state index in [1.54, 1.807) is 0 Å². The van der Waals surface area contributed by atoms with Gasteiger partial charge in [0.1, 0.15) is 5.82 Å². The first kappa shape index (κ1) is 15.9. The van der Waals surface area contributed by atoms with E-state index in [-0.39, 0.29) is 5.91 Å². The second-order valence-corrected chi connectivity index (χ2v) is 6.92. The first-order chi connectivity index (χ1) is 12.2. The topological polar surface area (TPSA) is 38.1 Å². The van der Waals surface area contributed by atoms with Gasteiger partial charge in [0.25, 0.3) is 5.91 Å². The van der Waals surface area contributed by atoms with Crippen molar-refractivity contribution in [2.45, 2.75) is 26.3 Å². The summed E-state index contributed by atoms with van der Waals surface area (Å²) >= 11 is 0. The molecule has 0 unspecified atom stereocenters. The van der Waals surface area contributed by atoms with E-state index in [1.165, 1.54) is 5.39 Å². The van der Waals surface area contributed by atoms with E-state index < -0.39 is 0 Å². The number of piperidine rings is 1. The van der Waals surface area contributed by atoms with E-state index in [0.29, 0.717) is 5.92 Å². The number of hydrogen-bond acceptors (Lipinski definition) is 2. The van der Waals surface area contributed by atoms with Crippen molar-refractivity contribution in [3.8, 4) is 0 Å². The molecule has 4 rings (SSSR count). The zero-order valence-electron chi connectivity index (χ0n) is 14.6. The van der Waals surface area contributed by atoms with Crippen LogP contribution in [0.5, 0.6) is 0 Å². The van der Waals surface area contributed by atoms with Crippen LogP contribution in [0.1, 0.15) is 29.0 Å². The quantitative estimate of drug-likeness (QED) is 0.729. The minimum atomic E-state index is 0.156. The van der Waals surface area contributed by atoms with Gasteiger partial charge in [-0.2, -0.15) is 0 Å². The lowest BCUT2D eigenvalue weighted by molar-refractivity contribution is 0.0682. The zero-order chi connectivity index (χ0) is 17.2. The molecule has 3 aromatic rings. The summed E-state index contributed by atoms with van der Waals surface area (Å²) < 4.78 is 2.21. The molecule has 0 N–H and O–H groups in total. The summed E-state index contributed by atoms with van der Waals surface area (Å²) in [5.41, 5.74) is 0.794. The number of aromatic nitrogens is 2. The third kappa shape index (κ3) is 3.29. The Morgan fingerprint density at radius 2 is 1.88 bits per heavy atom. The molecule has 1 aromatic heterocycles. The minimum absolute atomic E-state index is 0.156. The molecule has 2 aromatic carbocycles. The molecule has 0 atom stereocenters. The van der Waals surface area contributed by atoms with Crippen LogP contribution in [-0.4, -0.2) is 33.4 Å². The van der Waals surface area contributed by atoms with Gasteiger partial charge in [-0.05, 0) is 48.6 Å². The van der Waals surface area contributed by atoms with Gasteiger partial charge in [-0.1, -0.05) is 30.3 Å². The molecular formula is C21H23N3O. The molecule has 0 spiro atoms. The molecule has 1 saturated heterocycles. The summed E-state index contributed by atoms with van der Waals surface area (Å²) in [4.78, 5) is 19.1. The van der Waals surface area contributed by atoms with Gasteiger partial charge in [0.05, 0.1) is 0 Å². The Morgan fingerprint density at radius 1 is 1.12 bits per heavy atom. The fraction of sp³-hybridized carbons (Fsp3) is 0.333. The van der Waals surface area contributed by atoms with Gasteiger partial charge < -0.3 is 9.47 Å². The Balaban J connectivity index is 1.41. The highest BCUT2D eigenvalue weighted by atomic mass is 16.2. The average molecular weight is 333 g/mol. The average Bonchev–Trinajstić information content (AvgIpc) is 3.06. The highest BCUT2D eigenvalue weighted by Crippen LogP contribution is 2.22. The van der Waals surface area contributed by atoms with Gasteiger partial charge in [0, 0.05) is 37.6 Å². The van der Waals surface area contributed by atoms with Crippen molar-refractivity contribution in [2.24, 2.45) is 5.92 Å². The van der Waals surface area contributed by atoms with Crippen LogP contribution in [0.3, 0.4) is 0 Å². The van der Waals surface area contributed by atoms with Gasteiger partial charge in [0.15, 0.2) is 0 Å². The smallest absolute Gasteiger partial charge is 0.253 e. The van der Waals surface area contributed by atoms with Crippen LogP contribution in [0.4, 0.5) is 0 Å². The standard InChI is InChI=1S/C21H23N3O/c1-16-22-10-13-24(16)15-17-8-11-23(12-9-17)21(25)20-7-6-18-4-2-3-5-19(18)14-20/h2-7,10,13-14,17H,8-9,11-12,15H2,1H3. The summed E-state index contributed by atoms with van der Waals surface area (Å²) in [6.45, 7) is 4.72. The molecule has 128 valence electrons. The first-order valence-corrected chi connectivity index (χ1v) is 8.96. The van der Waals surface area contributed by atoms with E-state index in [0.717, 1.165) is 49.2 Å². The van der Waals surface area contributed by atoms with Crippen molar-refractivity contribution < 1.29 is 4.79 Å². The monoisotopic (exact) mass is 333 g/mol. The molecule has 0 radical (unpaired) electrons. The molecule has 25 heavy (non-hydrogen) atoms. The van der Waals surface area contributed by atoms with Crippen LogP contribution in [0, 0.1) is 12.8 Å². The van der Waals surface area contributed by atoms with Crippen molar-refractivity contribution in [2.75, 3.05) is 13.1 Å². The van der Waals surface area contributed by atoms with Gasteiger partial charge in [-0.25, -0.2) is 4.98 Å². The van der Waals surface area contributed by atoms with Crippen LogP contribution < -0.4 is 0 Å². The Morgan fingerprint density at radius 3 is 2.60 bits per heavy atom. The fourth-order valence-corrected chi connectivity index (χ4v) is 3.70. The molecule has 0 aliphatic carbocycles. The van der Waals surface area contributed by atoms with Crippen molar-refractivity contribution in [1.82, 2.24) is 14.5 Å². The van der Waals surface area contributed by atoms with Gasteiger partial charge >= 0.3 is 0 Å². The summed E-state index contributed by atoms with van der Waals surface area (Å²) in [6, 6.07) is 14.2. The van der Waals surface area contributed by atoms with E-state index in [4.69, 9.17) is 0 Å². The van der Waals surface area contributed by atoms with Crippen LogP contribution in [0.25, 0.3) is 10.8 Å². The molecule has 0 bridgehead atoms. The number of imidazole rings is 1. The highest BCUT2D eigenvalue weighted by Gasteiger charge is 2.24. The van der Waals surface area contributed by atoms with Gasteiger partial charge in [-0.15, -0.1) is 0 Å². The molecule has 1 aliphatic rings. The SMILES string of the molecule is Cc1nccn1CC1CCN(C(=O)c2ccc3ccccc3c2)CC1. The first-order valence-electron chi connectivity index (χ1n) is 8.96. The normalized spacial score (nSPS) is 15.6. The van der Waals surface area contributed by atoms with E-state index in [1.807, 2.05) is 54.5 Å². The third-order valence-corrected chi connectivity index (χ3v) is 5.28. The molecule has 4 heteroatoms. The minimum Gasteiger partial charge on any atom is -0.339 e. The maximum atomic E-state index is 12.8. The summed E-state index contributed by atoms with van der Waals surface area (Å²) in [5.74, 6) is 1.84. The van der Waals surface area contributed by atoms with Crippen molar-refractivity contribution >= 4 is 16.7 Å². The highest BCUT2D eigenvalue weighted by molar-refractivity contribution is 5.98. The van der Waals surface area contributed by atoms with Crippen LogP contribution >= 0.6 is 0 Å². The molecule has 1 fully saturated rings. The Bertz CT molecular complexity index is 891. The van der Waals surface area contributed by atoms with Crippen LogP contribution in [0.2, 0.25) is 0 Å². The molecule has 1 amide bonds. The molecule has 0 saturated carbocycles.